The first-order chi connectivity index (χ1) is 8.74. The number of benzene rings is 1. The SMILES string of the molecule is CC(N)c1cc(-c2ccc3c(c2)OCCO3)no1. The lowest BCUT2D eigenvalue weighted by Crippen LogP contribution is -2.15. The highest BCUT2D eigenvalue weighted by Gasteiger charge is 2.15. The van der Waals surface area contributed by atoms with Gasteiger partial charge in [-0.05, 0) is 25.1 Å². The molecule has 0 bridgehead atoms. The van der Waals surface area contributed by atoms with E-state index in [0.29, 0.717) is 19.0 Å². The van der Waals surface area contributed by atoms with Gasteiger partial charge in [0.15, 0.2) is 17.3 Å². The van der Waals surface area contributed by atoms with Crippen molar-refractivity contribution in [1.29, 1.82) is 0 Å². The van der Waals surface area contributed by atoms with Crippen molar-refractivity contribution in [2.24, 2.45) is 5.73 Å². The minimum atomic E-state index is -0.163. The molecule has 1 aromatic heterocycles. The van der Waals surface area contributed by atoms with Crippen LogP contribution in [0.15, 0.2) is 28.8 Å². The van der Waals surface area contributed by atoms with Gasteiger partial charge in [-0.1, -0.05) is 5.16 Å². The van der Waals surface area contributed by atoms with Crippen LogP contribution >= 0.6 is 0 Å². The molecule has 1 aliphatic heterocycles. The maximum Gasteiger partial charge on any atom is 0.162 e. The first-order valence-electron chi connectivity index (χ1n) is 5.86. The highest BCUT2D eigenvalue weighted by atomic mass is 16.6. The monoisotopic (exact) mass is 246 g/mol. The fourth-order valence-corrected chi connectivity index (χ4v) is 1.84. The van der Waals surface area contributed by atoms with Gasteiger partial charge >= 0.3 is 0 Å². The third kappa shape index (κ3) is 1.93. The molecular weight excluding hydrogens is 232 g/mol. The van der Waals surface area contributed by atoms with Crippen molar-refractivity contribution in [3.8, 4) is 22.8 Å². The quantitative estimate of drug-likeness (QED) is 0.879. The van der Waals surface area contributed by atoms with Crippen LogP contribution in [0, 0.1) is 0 Å². The number of hydrogen-bond acceptors (Lipinski definition) is 5. The van der Waals surface area contributed by atoms with E-state index in [9.17, 15) is 0 Å². The van der Waals surface area contributed by atoms with Crippen molar-refractivity contribution < 1.29 is 14.0 Å². The standard InChI is InChI=1S/C13H14N2O3/c1-8(14)12-7-10(15-18-12)9-2-3-11-13(6-9)17-5-4-16-11/h2-3,6-8H,4-5,14H2,1H3. The van der Waals surface area contributed by atoms with E-state index in [0.717, 1.165) is 22.8 Å². The minimum absolute atomic E-state index is 0.163. The summed E-state index contributed by atoms with van der Waals surface area (Å²) in [7, 11) is 0. The van der Waals surface area contributed by atoms with Crippen molar-refractivity contribution in [1.82, 2.24) is 5.16 Å². The third-order valence-corrected chi connectivity index (χ3v) is 2.82. The first kappa shape index (κ1) is 11.1. The van der Waals surface area contributed by atoms with Crippen LogP contribution in [0.5, 0.6) is 11.5 Å². The smallest absolute Gasteiger partial charge is 0.162 e. The second kappa shape index (κ2) is 4.34. The Hall–Kier alpha value is -2.01. The normalized spacial score (nSPS) is 15.4. The summed E-state index contributed by atoms with van der Waals surface area (Å²) >= 11 is 0. The molecule has 2 heterocycles. The Morgan fingerprint density at radius 1 is 1.17 bits per heavy atom. The van der Waals surface area contributed by atoms with Gasteiger partial charge in [-0.3, -0.25) is 0 Å². The van der Waals surface area contributed by atoms with E-state index in [2.05, 4.69) is 5.16 Å². The molecule has 5 heteroatoms. The first-order valence-corrected chi connectivity index (χ1v) is 5.86. The summed E-state index contributed by atoms with van der Waals surface area (Å²) in [6.07, 6.45) is 0. The highest BCUT2D eigenvalue weighted by molar-refractivity contribution is 5.64. The number of nitrogens with two attached hydrogens (primary N) is 1. The number of fused-ring (bicyclic) bond motifs is 1. The van der Waals surface area contributed by atoms with Crippen LogP contribution in [0.1, 0.15) is 18.7 Å². The van der Waals surface area contributed by atoms with Gasteiger partial charge in [-0.25, -0.2) is 0 Å². The number of aromatic nitrogens is 1. The molecule has 5 nitrogen and oxygen atoms in total. The van der Waals surface area contributed by atoms with Gasteiger partial charge < -0.3 is 19.7 Å². The molecule has 1 atom stereocenters. The summed E-state index contributed by atoms with van der Waals surface area (Å²) in [5.41, 5.74) is 7.41. The lowest BCUT2D eigenvalue weighted by Gasteiger charge is -2.18. The van der Waals surface area contributed by atoms with Gasteiger partial charge in [0, 0.05) is 11.6 Å². The molecule has 1 unspecified atom stereocenters. The lowest BCUT2D eigenvalue weighted by molar-refractivity contribution is 0.171. The predicted molar refractivity (Wildman–Crippen MR) is 65.5 cm³/mol. The van der Waals surface area contributed by atoms with Crippen LogP contribution < -0.4 is 15.2 Å². The summed E-state index contributed by atoms with van der Waals surface area (Å²) in [6, 6.07) is 7.39. The fraction of sp³-hybridized carbons (Fsp3) is 0.308. The van der Waals surface area contributed by atoms with Gasteiger partial charge in [0.05, 0.1) is 6.04 Å². The van der Waals surface area contributed by atoms with E-state index < -0.39 is 0 Å². The molecule has 3 rings (SSSR count). The molecule has 0 saturated heterocycles. The van der Waals surface area contributed by atoms with Crippen molar-refractivity contribution in [2.75, 3.05) is 13.2 Å². The molecule has 0 radical (unpaired) electrons. The molecule has 0 fully saturated rings. The Kier molecular flexibility index (Phi) is 2.68. The van der Waals surface area contributed by atoms with Crippen LogP contribution in [0.4, 0.5) is 0 Å². The molecule has 1 aromatic carbocycles. The summed E-state index contributed by atoms with van der Waals surface area (Å²) in [4.78, 5) is 0. The van der Waals surface area contributed by atoms with Crippen molar-refractivity contribution in [3.05, 3.63) is 30.0 Å². The van der Waals surface area contributed by atoms with Crippen LogP contribution in [-0.4, -0.2) is 18.4 Å². The maximum absolute atomic E-state index is 5.74. The van der Waals surface area contributed by atoms with Gasteiger partial charge in [-0.15, -0.1) is 0 Å². The maximum atomic E-state index is 5.74. The van der Waals surface area contributed by atoms with E-state index in [1.807, 2.05) is 31.2 Å². The largest absolute Gasteiger partial charge is 0.486 e. The van der Waals surface area contributed by atoms with Gasteiger partial charge in [0.1, 0.15) is 18.9 Å². The van der Waals surface area contributed by atoms with Crippen molar-refractivity contribution in [3.63, 3.8) is 0 Å². The zero-order valence-corrected chi connectivity index (χ0v) is 10.1. The summed E-state index contributed by atoms with van der Waals surface area (Å²) in [5, 5.41) is 4.01. The van der Waals surface area contributed by atoms with Crippen LogP contribution in [0.2, 0.25) is 0 Å². The van der Waals surface area contributed by atoms with Gasteiger partial charge in [-0.2, -0.15) is 0 Å². The van der Waals surface area contributed by atoms with Crippen molar-refractivity contribution in [2.45, 2.75) is 13.0 Å². The van der Waals surface area contributed by atoms with E-state index in [1.165, 1.54) is 0 Å². The van der Waals surface area contributed by atoms with E-state index in [4.69, 9.17) is 19.7 Å². The molecule has 2 N–H and O–H groups in total. The molecule has 0 saturated carbocycles. The molecular formula is C13H14N2O3. The molecule has 1 aliphatic rings. The Morgan fingerprint density at radius 3 is 2.67 bits per heavy atom. The van der Waals surface area contributed by atoms with Crippen LogP contribution in [0.25, 0.3) is 11.3 Å². The topological polar surface area (TPSA) is 70.5 Å². The molecule has 94 valence electrons. The Morgan fingerprint density at radius 2 is 1.94 bits per heavy atom. The minimum Gasteiger partial charge on any atom is -0.486 e. The molecule has 18 heavy (non-hydrogen) atoms. The average molecular weight is 246 g/mol. The van der Waals surface area contributed by atoms with E-state index in [-0.39, 0.29) is 6.04 Å². The van der Waals surface area contributed by atoms with Crippen LogP contribution in [0.3, 0.4) is 0 Å². The summed E-state index contributed by atoms with van der Waals surface area (Å²) < 4.78 is 16.2. The predicted octanol–water partition coefficient (Wildman–Crippen LogP) is 2.13. The number of nitrogens with zero attached hydrogens (tertiary/aromatic N) is 1. The fourth-order valence-electron chi connectivity index (χ4n) is 1.84. The second-order valence-electron chi connectivity index (χ2n) is 4.26. The summed E-state index contributed by atoms with van der Waals surface area (Å²) in [6.45, 7) is 3.01. The third-order valence-electron chi connectivity index (χ3n) is 2.82. The molecule has 0 spiro atoms. The highest BCUT2D eigenvalue weighted by Crippen LogP contribution is 2.34. The molecule has 0 aliphatic carbocycles. The summed E-state index contributed by atoms with van der Waals surface area (Å²) in [5.74, 6) is 2.17. The zero-order valence-electron chi connectivity index (χ0n) is 10.1. The average Bonchev–Trinajstić information content (AvgIpc) is 2.88. The van der Waals surface area contributed by atoms with Gasteiger partial charge in [0.25, 0.3) is 0 Å². The van der Waals surface area contributed by atoms with E-state index >= 15 is 0 Å². The zero-order chi connectivity index (χ0) is 12.5. The van der Waals surface area contributed by atoms with Crippen LogP contribution in [-0.2, 0) is 0 Å². The van der Waals surface area contributed by atoms with Crippen molar-refractivity contribution >= 4 is 0 Å². The van der Waals surface area contributed by atoms with E-state index in [1.54, 1.807) is 0 Å². The lowest BCUT2D eigenvalue weighted by atomic mass is 10.1. The second-order valence-corrected chi connectivity index (χ2v) is 4.26. The number of hydrogen-bond donors (Lipinski definition) is 1. The van der Waals surface area contributed by atoms with Gasteiger partial charge in [0.2, 0.25) is 0 Å². The Balaban J connectivity index is 1.95. The Bertz CT molecular complexity index is 563. The Labute approximate surface area is 104 Å². The molecule has 2 aromatic rings. The number of ether oxygens (including phenoxy) is 2. The molecule has 0 amide bonds. The number of rotatable bonds is 2.